The number of methoxy groups -OCH3 is 1. The molecule has 2 N–H and O–H groups in total. The fourth-order valence-corrected chi connectivity index (χ4v) is 4.42. The second kappa shape index (κ2) is 9.82. The van der Waals surface area contributed by atoms with Crippen molar-refractivity contribution in [1.29, 1.82) is 5.26 Å². The summed E-state index contributed by atoms with van der Waals surface area (Å²) in [7, 11) is 1.60. The Morgan fingerprint density at radius 1 is 1.08 bits per heavy atom. The first-order chi connectivity index (χ1) is 17.6. The summed E-state index contributed by atoms with van der Waals surface area (Å²) in [6.07, 6.45) is 3.24. The number of hydrogen-bond acceptors (Lipinski definition) is 7. The van der Waals surface area contributed by atoms with Gasteiger partial charge in [-0.3, -0.25) is 4.79 Å². The molecular formula is C27H21N5O3S. The van der Waals surface area contributed by atoms with Gasteiger partial charge in [-0.05, 0) is 54.8 Å². The number of nitriles is 1. The van der Waals surface area contributed by atoms with E-state index >= 15 is 0 Å². The summed E-state index contributed by atoms with van der Waals surface area (Å²) in [5.74, 6) is 1.71. The molecule has 0 bridgehead atoms. The summed E-state index contributed by atoms with van der Waals surface area (Å²) in [5, 5.41) is 22.2. The third-order valence-electron chi connectivity index (χ3n) is 5.59. The number of ether oxygens (including phenoxy) is 2. The third kappa shape index (κ3) is 4.45. The summed E-state index contributed by atoms with van der Waals surface area (Å²) < 4.78 is 12.9. The van der Waals surface area contributed by atoms with Crippen LogP contribution in [0.4, 0.5) is 17.1 Å². The largest absolute Gasteiger partial charge is 0.493 e. The van der Waals surface area contributed by atoms with Crippen LogP contribution in [0.5, 0.6) is 17.2 Å². The van der Waals surface area contributed by atoms with Crippen LogP contribution in [0.25, 0.3) is 5.52 Å². The van der Waals surface area contributed by atoms with Gasteiger partial charge in [0.05, 0.1) is 46.8 Å². The van der Waals surface area contributed by atoms with E-state index in [1.54, 1.807) is 23.9 Å². The number of carbonyl (C=O) groups is 1. The number of carbonyl (C=O) groups excluding carboxylic acids is 1. The van der Waals surface area contributed by atoms with Crippen molar-refractivity contribution >= 4 is 39.8 Å². The zero-order valence-corrected chi connectivity index (χ0v) is 20.3. The molecule has 2 aromatic carbocycles. The Labute approximate surface area is 211 Å². The molecule has 0 saturated heterocycles. The first-order valence-electron chi connectivity index (χ1n) is 11.0. The minimum Gasteiger partial charge on any atom is -0.493 e. The monoisotopic (exact) mass is 495 g/mol. The quantitative estimate of drug-likeness (QED) is 0.272. The van der Waals surface area contributed by atoms with Crippen molar-refractivity contribution in [3.8, 4) is 23.3 Å². The van der Waals surface area contributed by atoms with Gasteiger partial charge in [-0.2, -0.15) is 10.4 Å². The molecule has 0 unspecified atom stereocenters. The van der Waals surface area contributed by atoms with Gasteiger partial charge >= 0.3 is 0 Å². The Morgan fingerprint density at radius 2 is 1.86 bits per heavy atom. The number of fused-ring (bicyclic) bond motifs is 1. The van der Waals surface area contributed by atoms with Crippen molar-refractivity contribution in [2.24, 2.45) is 0 Å². The Hall–Kier alpha value is -4.81. The number of aromatic nitrogens is 2. The third-order valence-corrected chi connectivity index (χ3v) is 6.46. The van der Waals surface area contributed by atoms with E-state index in [2.05, 4.69) is 21.8 Å². The molecule has 0 saturated carbocycles. The Kier molecular flexibility index (Phi) is 6.26. The molecule has 5 rings (SSSR count). The highest BCUT2D eigenvalue weighted by atomic mass is 32.1. The van der Waals surface area contributed by atoms with E-state index in [0.717, 1.165) is 11.3 Å². The van der Waals surface area contributed by atoms with E-state index < -0.39 is 0 Å². The number of para-hydroxylation sites is 2. The minimum atomic E-state index is -0.190. The van der Waals surface area contributed by atoms with Gasteiger partial charge in [0.1, 0.15) is 11.8 Å². The summed E-state index contributed by atoms with van der Waals surface area (Å²) in [6.45, 7) is 1.89. The van der Waals surface area contributed by atoms with Crippen LogP contribution < -0.4 is 20.1 Å². The highest BCUT2D eigenvalue weighted by Gasteiger charge is 2.18. The standard InChI is InChI=1S/C27H21N5O3S/c1-17-21(31-27(33)24-8-5-13-36-24)16-32-26(17)25(18(14-28)15-29-32)30-19-9-11-20(12-10-19)35-23-7-4-3-6-22(23)34-2/h3-13,15-16,30H,1-2H3,(H,31,33). The maximum Gasteiger partial charge on any atom is 0.265 e. The number of amides is 1. The van der Waals surface area contributed by atoms with Crippen molar-refractivity contribution in [3.63, 3.8) is 0 Å². The highest BCUT2D eigenvalue weighted by molar-refractivity contribution is 7.12. The van der Waals surface area contributed by atoms with Crippen molar-refractivity contribution < 1.29 is 14.3 Å². The van der Waals surface area contributed by atoms with Gasteiger partial charge in [0.25, 0.3) is 5.91 Å². The lowest BCUT2D eigenvalue weighted by atomic mass is 10.1. The molecule has 3 heterocycles. The van der Waals surface area contributed by atoms with Gasteiger partial charge in [0, 0.05) is 11.3 Å². The lowest BCUT2D eigenvalue weighted by molar-refractivity contribution is 0.103. The smallest absolute Gasteiger partial charge is 0.265 e. The van der Waals surface area contributed by atoms with Crippen molar-refractivity contribution in [2.45, 2.75) is 6.92 Å². The molecule has 0 aliphatic carbocycles. The van der Waals surface area contributed by atoms with E-state index in [1.807, 2.05) is 66.9 Å². The number of nitrogens with zero attached hydrogens (tertiary/aromatic N) is 3. The molecule has 0 atom stereocenters. The van der Waals surface area contributed by atoms with Crippen molar-refractivity contribution in [1.82, 2.24) is 9.61 Å². The predicted octanol–water partition coefficient (Wildman–Crippen LogP) is 6.37. The summed E-state index contributed by atoms with van der Waals surface area (Å²) in [5.41, 5.74) is 3.86. The maximum atomic E-state index is 12.6. The molecule has 8 nitrogen and oxygen atoms in total. The van der Waals surface area contributed by atoms with E-state index in [1.165, 1.54) is 17.5 Å². The number of rotatable bonds is 7. The first kappa shape index (κ1) is 23.0. The molecular weight excluding hydrogens is 474 g/mol. The molecule has 36 heavy (non-hydrogen) atoms. The van der Waals surface area contributed by atoms with Crippen molar-refractivity contribution in [3.05, 3.63) is 94.4 Å². The fraction of sp³-hybridized carbons (Fsp3) is 0.0741. The second-order valence-corrected chi connectivity index (χ2v) is 8.79. The Balaban J connectivity index is 1.43. The summed E-state index contributed by atoms with van der Waals surface area (Å²) in [6, 6.07) is 20.6. The molecule has 0 spiro atoms. The number of aryl methyl sites for hydroxylation is 1. The van der Waals surface area contributed by atoms with Gasteiger partial charge in [-0.1, -0.05) is 18.2 Å². The molecule has 0 aliphatic rings. The summed E-state index contributed by atoms with van der Waals surface area (Å²) >= 11 is 1.37. The number of benzene rings is 2. The Morgan fingerprint density at radius 3 is 2.56 bits per heavy atom. The summed E-state index contributed by atoms with van der Waals surface area (Å²) in [4.78, 5) is 13.2. The molecule has 5 aromatic rings. The second-order valence-electron chi connectivity index (χ2n) is 7.84. The van der Waals surface area contributed by atoms with Gasteiger partial charge in [0.15, 0.2) is 11.5 Å². The van der Waals surface area contributed by atoms with Crippen LogP contribution in [-0.2, 0) is 0 Å². The minimum absolute atomic E-state index is 0.190. The SMILES string of the molecule is COc1ccccc1Oc1ccc(Nc2c(C#N)cnn3cc(NC(=O)c4cccs4)c(C)c23)cc1. The van der Waals surface area contributed by atoms with Crippen LogP contribution in [0.1, 0.15) is 20.8 Å². The van der Waals surface area contributed by atoms with Gasteiger partial charge in [-0.25, -0.2) is 4.52 Å². The van der Waals surface area contributed by atoms with E-state index in [-0.39, 0.29) is 5.91 Å². The average Bonchev–Trinajstić information content (AvgIpc) is 3.55. The van der Waals surface area contributed by atoms with Crippen LogP contribution in [0.2, 0.25) is 0 Å². The van der Waals surface area contributed by atoms with Crippen molar-refractivity contribution in [2.75, 3.05) is 17.7 Å². The average molecular weight is 496 g/mol. The number of hydrogen-bond donors (Lipinski definition) is 2. The molecule has 0 radical (unpaired) electrons. The number of thiophene rings is 1. The molecule has 178 valence electrons. The van der Waals surface area contributed by atoms with Crippen LogP contribution in [0, 0.1) is 18.3 Å². The predicted molar refractivity (Wildman–Crippen MR) is 140 cm³/mol. The van der Waals surface area contributed by atoms with Gasteiger partial charge in [0.2, 0.25) is 0 Å². The van der Waals surface area contributed by atoms with E-state index in [4.69, 9.17) is 9.47 Å². The lowest BCUT2D eigenvalue weighted by Crippen LogP contribution is -2.10. The van der Waals surface area contributed by atoms with Crippen LogP contribution in [0.3, 0.4) is 0 Å². The first-order valence-corrected chi connectivity index (χ1v) is 11.9. The van der Waals surface area contributed by atoms with E-state index in [0.29, 0.717) is 44.6 Å². The zero-order valence-electron chi connectivity index (χ0n) is 19.5. The maximum absolute atomic E-state index is 12.6. The number of nitrogens with one attached hydrogen (secondary N) is 2. The molecule has 0 aliphatic heterocycles. The normalized spacial score (nSPS) is 10.6. The fourth-order valence-electron chi connectivity index (χ4n) is 3.80. The van der Waals surface area contributed by atoms with Gasteiger partial charge < -0.3 is 20.1 Å². The van der Waals surface area contributed by atoms with Crippen LogP contribution >= 0.6 is 11.3 Å². The Bertz CT molecular complexity index is 1580. The van der Waals surface area contributed by atoms with Gasteiger partial charge in [-0.15, -0.1) is 11.3 Å². The van der Waals surface area contributed by atoms with Crippen LogP contribution in [-0.4, -0.2) is 22.6 Å². The van der Waals surface area contributed by atoms with Crippen LogP contribution in [0.15, 0.2) is 78.4 Å². The zero-order chi connectivity index (χ0) is 25.1. The molecule has 0 fully saturated rings. The molecule has 3 aromatic heterocycles. The molecule has 1 amide bonds. The molecule has 9 heteroatoms. The topological polar surface area (TPSA) is 101 Å². The lowest BCUT2D eigenvalue weighted by Gasteiger charge is -2.13. The number of anilines is 3. The van der Waals surface area contributed by atoms with E-state index in [9.17, 15) is 10.1 Å². The highest BCUT2D eigenvalue weighted by Crippen LogP contribution is 2.34.